The Hall–Kier alpha value is -4.91. The fraction of sp³-hybridized carbons (Fsp3) is 0.231. The number of carbonyl (C=O) groups is 1. The monoisotopic (exact) mass is 734 g/mol. The van der Waals surface area contributed by atoms with E-state index < -0.39 is 7.25 Å². The van der Waals surface area contributed by atoms with Gasteiger partial charge >= 0.3 is 7.25 Å². The zero-order chi connectivity index (χ0) is 37.3. The molecule has 1 fully saturated rings. The van der Waals surface area contributed by atoms with Crippen molar-refractivity contribution in [3.05, 3.63) is 126 Å². The average Bonchev–Trinajstić information content (AvgIpc) is 3.15. The van der Waals surface area contributed by atoms with Gasteiger partial charge in [-0.3, -0.25) is 9.69 Å². The molecule has 0 bridgehead atoms. The zero-order valence-corrected chi connectivity index (χ0v) is 29.6. The molecule has 0 aliphatic carbocycles. The number of anilines is 1. The van der Waals surface area contributed by atoms with Gasteiger partial charge in [0.25, 0.3) is 5.91 Å². The maximum absolute atomic E-state index is 13.3. The number of hydrogen-bond donors (Lipinski definition) is 2. The lowest BCUT2D eigenvalue weighted by Crippen LogP contribution is -2.56. The number of halogens is 5. The molecule has 52 heavy (non-hydrogen) atoms. The van der Waals surface area contributed by atoms with E-state index in [1.54, 1.807) is 19.2 Å². The quantitative estimate of drug-likeness (QED) is 0.0658. The summed E-state index contributed by atoms with van der Waals surface area (Å²) in [6.07, 6.45) is 0.555. The third kappa shape index (κ3) is 10.1. The molecule has 13 heteroatoms. The normalized spacial score (nSPS) is 16.1. The minimum atomic E-state index is -6.00. The number of hydrogen-bond acceptors (Lipinski definition) is 5. The number of aromatic nitrogens is 1. The summed E-state index contributed by atoms with van der Waals surface area (Å²) in [4.78, 5) is 15.7. The molecule has 4 aromatic carbocycles. The number of rotatable bonds is 10. The molecule has 0 radical (unpaired) electrons. The summed E-state index contributed by atoms with van der Waals surface area (Å²) in [5.74, 6) is 0.118. The first-order chi connectivity index (χ1) is 24.9. The van der Waals surface area contributed by atoms with Crippen LogP contribution in [0.1, 0.15) is 16.8 Å². The van der Waals surface area contributed by atoms with E-state index >= 15 is 0 Å². The molecule has 272 valence electrons. The predicted octanol–water partition coefficient (Wildman–Crippen LogP) is 8.04. The number of nitrogen functional groups attached to an aromatic ring is 1. The second-order valence-corrected chi connectivity index (χ2v) is 12.7. The van der Waals surface area contributed by atoms with Crippen LogP contribution in [0.5, 0.6) is 5.75 Å². The molecule has 2 atom stereocenters. The van der Waals surface area contributed by atoms with Crippen molar-refractivity contribution in [1.82, 2.24) is 10.2 Å². The lowest BCUT2D eigenvalue weighted by atomic mass is 9.98. The Morgan fingerprint density at radius 3 is 1.87 bits per heavy atom. The summed E-state index contributed by atoms with van der Waals surface area (Å²) in [7, 11) is -2.79. The first kappa shape index (κ1) is 38.3. The van der Waals surface area contributed by atoms with E-state index in [9.17, 15) is 22.1 Å². The number of benzene rings is 4. The number of likely N-dealkylation sites (tertiary alicyclic amines) is 1. The molecule has 5 aromatic rings. The molecule has 7 nitrogen and oxygen atoms in total. The molecule has 1 aliphatic rings. The number of nitrogens with zero attached hydrogens (tertiary/aromatic N) is 2. The van der Waals surface area contributed by atoms with Gasteiger partial charge in [-0.25, -0.2) is 0 Å². The van der Waals surface area contributed by atoms with Crippen LogP contribution >= 0.6 is 11.6 Å². The molecular formula is C39H40BClF4N4O3. The van der Waals surface area contributed by atoms with Crippen molar-refractivity contribution in [2.45, 2.75) is 25.1 Å². The van der Waals surface area contributed by atoms with Gasteiger partial charge < -0.3 is 37.8 Å². The van der Waals surface area contributed by atoms with E-state index in [2.05, 4.69) is 118 Å². The fourth-order valence-electron chi connectivity index (χ4n) is 6.35. The van der Waals surface area contributed by atoms with Crippen LogP contribution in [-0.2, 0) is 11.3 Å². The zero-order valence-electron chi connectivity index (χ0n) is 28.8. The molecule has 3 N–H and O–H groups in total. The highest BCUT2D eigenvalue weighted by Crippen LogP contribution is 2.31. The smallest absolute Gasteiger partial charge is 0.496 e. The summed E-state index contributed by atoms with van der Waals surface area (Å²) in [6.45, 7) is 3.09. The minimum Gasteiger partial charge on any atom is -0.496 e. The Kier molecular flexibility index (Phi) is 12.9. The first-order valence-electron chi connectivity index (χ1n) is 16.8. The standard InChI is InChI=1S/C39H39ClN4O3.BF4/c1-46-37-25-33(41)32(40)24-31(37)39(45)42-34-18-19-43(26-38(34)47-2)20-21-44-35(28-14-8-4-9-15-28)22-30(27-12-6-3-7-13-27)23-36(44)29-16-10-5-11-17-29;2-1(3,4)5/h3-17,22-25,34,38H,18-21,26H2,1-2H3,(H2-,41,42,45);/q;-1/p+1. The molecule has 1 aromatic heterocycles. The van der Waals surface area contributed by atoms with Crippen molar-refractivity contribution in [2.24, 2.45) is 0 Å². The fourth-order valence-corrected chi connectivity index (χ4v) is 6.51. The highest BCUT2D eigenvalue weighted by molar-refractivity contribution is 6.50. The van der Waals surface area contributed by atoms with Gasteiger partial charge in [0.15, 0.2) is 6.54 Å². The average molecular weight is 735 g/mol. The predicted molar refractivity (Wildman–Crippen MR) is 199 cm³/mol. The minimum absolute atomic E-state index is 0.164. The van der Waals surface area contributed by atoms with E-state index in [0.717, 1.165) is 48.6 Å². The number of methoxy groups -OCH3 is 2. The summed E-state index contributed by atoms with van der Waals surface area (Å²) in [6, 6.07) is 39.3. The van der Waals surface area contributed by atoms with Gasteiger partial charge in [-0.2, -0.15) is 4.57 Å². The van der Waals surface area contributed by atoms with Crippen molar-refractivity contribution in [2.75, 3.05) is 39.6 Å². The maximum atomic E-state index is 13.3. The van der Waals surface area contributed by atoms with E-state index in [1.165, 1.54) is 18.2 Å². The van der Waals surface area contributed by atoms with Gasteiger partial charge in [0.1, 0.15) is 5.75 Å². The van der Waals surface area contributed by atoms with Gasteiger partial charge in [-0.15, -0.1) is 0 Å². The number of nitrogens with two attached hydrogens (primary N) is 1. The van der Waals surface area contributed by atoms with Crippen LogP contribution in [0.3, 0.4) is 0 Å². The lowest BCUT2D eigenvalue weighted by Gasteiger charge is -2.37. The Bertz CT molecular complexity index is 1870. The second kappa shape index (κ2) is 17.5. The number of carbonyl (C=O) groups excluding carboxylic acids is 1. The van der Waals surface area contributed by atoms with Gasteiger partial charge in [0, 0.05) is 49.5 Å². The third-order valence-electron chi connectivity index (χ3n) is 8.88. The molecule has 6 rings (SSSR count). The summed E-state index contributed by atoms with van der Waals surface area (Å²) >= 11 is 6.24. The van der Waals surface area contributed by atoms with E-state index in [-0.39, 0.29) is 18.1 Å². The Morgan fingerprint density at radius 1 is 0.846 bits per heavy atom. The number of piperidine rings is 1. The second-order valence-electron chi connectivity index (χ2n) is 12.3. The summed E-state index contributed by atoms with van der Waals surface area (Å²) in [5, 5.41) is 3.47. The van der Waals surface area contributed by atoms with Crippen molar-refractivity contribution in [1.29, 1.82) is 0 Å². The number of nitrogens with one attached hydrogen (secondary N) is 1. The Labute approximate surface area is 306 Å². The largest absolute Gasteiger partial charge is 0.673 e. The number of ether oxygens (including phenoxy) is 2. The number of pyridine rings is 1. The van der Waals surface area contributed by atoms with Crippen molar-refractivity contribution in [3.63, 3.8) is 0 Å². The lowest BCUT2D eigenvalue weighted by molar-refractivity contribution is -0.675. The molecule has 2 heterocycles. The number of amides is 1. The van der Waals surface area contributed by atoms with Gasteiger partial charge in [-0.05, 0) is 47.9 Å². The molecule has 0 saturated carbocycles. The van der Waals surface area contributed by atoms with Crippen LogP contribution in [0.4, 0.5) is 23.0 Å². The summed E-state index contributed by atoms with van der Waals surface area (Å²) < 4.78 is 52.8. The van der Waals surface area contributed by atoms with Crippen molar-refractivity contribution < 1.29 is 36.1 Å². The van der Waals surface area contributed by atoms with Crippen LogP contribution in [0.25, 0.3) is 33.6 Å². The van der Waals surface area contributed by atoms with Crippen LogP contribution in [-0.4, -0.2) is 64.1 Å². The highest BCUT2D eigenvalue weighted by atomic mass is 35.5. The Balaban J connectivity index is 0.000000979. The van der Waals surface area contributed by atoms with E-state index in [1.807, 2.05) is 0 Å². The first-order valence-corrected chi connectivity index (χ1v) is 17.1. The molecular weight excluding hydrogens is 695 g/mol. The Morgan fingerprint density at radius 2 is 1.37 bits per heavy atom. The highest BCUT2D eigenvalue weighted by Gasteiger charge is 2.32. The van der Waals surface area contributed by atoms with Crippen LogP contribution in [0, 0.1) is 0 Å². The SMILES string of the molecule is COc1cc(N)c(Cl)cc1C(=O)NC1CCN(CC[n+]2c(-c3ccccc3)cc(-c3ccccc3)cc2-c2ccccc2)CC1OC.F[B-](F)(F)F. The molecule has 2 unspecified atom stereocenters. The molecule has 0 spiro atoms. The third-order valence-corrected chi connectivity index (χ3v) is 9.21. The molecule has 1 saturated heterocycles. The molecule has 1 amide bonds. The topological polar surface area (TPSA) is 80.7 Å². The van der Waals surface area contributed by atoms with Gasteiger partial charge in [0.05, 0.1) is 42.1 Å². The van der Waals surface area contributed by atoms with Crippen LogP contribution < -0.4 is 20.4 Å². The van der Waals surface area contributed by atoms with Gasteiger partial charge in [0.2, 0.25) is 11.4 Å². The van der Waals surface area contributed by atoms with Crippen molar-refractivity contribution in [3.8, 4) is 39.4 Å². The van der Waals surface area contributed by atoms with E-state index in [4.69, 9.17) is 26.8 Å². The summed E-state index contributed by atoms with van der Waals surface area (Å²) in [5.41, 5.74) is 13.6. The molecule has 1 aliphatic heterocycles. The maximum Gasteiger partial charge on any atom is 0.673 e. The van der Waals surface area contributed by atoms with Crippen molar-refractivity contribution >= 4 is 30.4 Å². The van der Waals surface area contributed by atoms with Crippen LogP contribution in [0.15, 0.2) is 115 Å². The van der Waals surface area contributed by atoms with Crippen LogP contribution in [0.2, 0.25) is 5.02 Å². The van der Waals surface area contributed by atoms with E-state index in [0.29, 0.717) is 28.6 Å². The van der Waals surface area contributed by atoms with Gasteiger partial charge in [-0.1, -0.05) is 78.3 Å².